The van der Waals surface area contributed by atoms with Gasteiger partial charge in [-0.25, -0.2) is 0 Å². The van der Waals surface area contributed by atoms with Gasteiger partial charge in [0.25, 0.3) is 0 Å². The van der Waals surface area contributed by atoms with Crippen molar-refractivity contribution in [3.8, 4) is 0 Å². The third kappa shape index (κ3) is 1.45. The highest BCUT2D eigenvalue weighted by Crippen LogP contribution is 2.18. The summed E-state index contributed by atoms with van der Waals surface area (Å²) in [5.74, 6) is -0.257. The molecule has 0 aromatic rings. The van der Waals surface area contributed by atoms with E-state index in [0.717, 1.165) is 11.8 Å². The van der Waals surface area contributed by atoms with Crippen LogP contribution in [0.4, 0.5) is 0 Å². The molecular weight excluding hydrogens is 140 g/mol. The van der Waals surface area contributed by atoms with Crippen molar-refractivity contribution in [1.82, 2.24) is 0 Å². The molecule has 1 saturated heterocycles. The molecule has 50 valence electrons. The minimum atomic E-state index is -0.257. The molecule has 0 radical (unpaired) electrons. The minimum absolute atomic E-state index is 0.234. The largest absolute Gasteiger partial charge is 0.465 e. The molecule has 3 nitrogen and oxygen atoms in total. The van der Waals surface area contributed by atoms with Crippen LogP contribution in [0.3, 0.4) is 0 Å². The summed E-state index contributed by atoms with van der Waals surface area (Å²) in [5.41, 5.74) is 0.678. The number of carbonyl (C=O) groups is 2. The van der Waals surface area contributed by atoms with Crippen molar-refractivity contribution in [2.24, 2.45) is 0 Å². The summed E-state index contributed by atoms with van der Waals surface area (Å²) < 4.78 is 4.60. The van der Waals surface area contributed by atoms with E-state index < -0.39 is 0 Å². The Bertz CT molecular complexity index is 134. The molecule has 0 aliphatic carbocycles. The van der Waals surface area contributed by atoms with Gasteiger partial charge in [0.05, 0.1) is 6.61 Å². The Labute approximate surface area is 56.8 Å². The van der Waals surface area contributed by atoms with Gasteiger partial charge >= 0.3 is 5.97 Å². The van der Waals surface area contributed by atoms with Crippen LogP contribution in [0.1, 0.15) is 6.42 Å². The number of carbonyl (C=O) groups excluding carboxylic acids is 2. The van der Waals surface area contributed by atoms with Crippen molar-refractivity contribution in [2.45, 2.75) is 11.7 Å². The Kier molecular flexibility index (Phi) is 2.10. The number of rotatable bonds is 2. The van der Waals surface area contributed by atoms with Crippen molar-refractivity contribution in [3.05, 3.63) is 0 Å². The molecule has 1 heterocycles. The second-order valence-corrected chi connectivity index (χ2v) is 2.71. The lowest BCUT2D eigenvalue weighted by atomic mass is 10.4. The summed E-state index contributed by atoms with van der Waals surface area (Å²) in [6.07, 6.45) is 0.669. The molecule has 0 N–H and O–H groups in total. The maximum Gasteiger partial charge on any atom is 0.319 e. The molecule has 0 spiro atoms. The van der Waals surface area contributed by atoms with Crippen molar-refractivity contribution in [3.63, 3.8) is 0 Å². The molecule has 0 bridgehead atoms. The van der Waals surface area contributed by atoms with E-state index in [9.17, 15) is 9.59 Å². The van der Waals surface area contributed by atoms with Gasteiger partial charge in [0.2, 0.25) is 0 Å². The number of cyclic esters (lactones) is 1. The standard InChI is InChI=1S/C5H6O3S/c6-3-9-4-1-2-8-5(4)7/h3-4H,1-2H2. The van der Waals surface area contributed by atoms with E-state index in [2.05, 4.69) is 4.74 Å². The van der Waals surface area contributed by atoms with Gasteiger partial charge in [-0.3, -0.25) is 9.59 Å². The van der Waals surface area contributed by atoms with Gasteiger partial charge in [0.15, 0.2) is 5.62 Å². The van der Waals surface area contributed by atoms with Gasteiger partial charge in [0.1, 0.15) is 5.25 Å². The molecule has 0 saturated carbocycles. The number of hydrogen-bond acceptors (Lipinski definition) is 4. The average molecular weight is 146 g/mol. The van der Waals surface area contributed by atoms with Gasteiger partial charge < -0.3 is 4.74 Å². The van der Waals surface area contributed by atoms with E-state index in [1.165, 1.54) is 0 Å². The first kappa shape index (κ1) is 6.61. The van der Waals surface area contributed by atoms with Gasteiger partial charge in [-0.15, -0.1) is 0 Å². The Hall–Kier alpha value is -0.510. The fourth-order valence-electron chi connectivity index (χ4n) is 0.668. The van der Waals surface area contributed by atoms with Crippen LogP contribution < -0.4 is 0 Å². The first-order valence-electron chi connectivity index (χ1n) is 2.60. The number of ether oxygens (including phenoxy) is 1. The van der Waals surface area contributed by atoms with Gasteiger partial charge in [-0.2, -0.15) is 0 Å². The number of thioether (sulfide) groups is 1. The molecule has 1 rings (SSSR count). The lowest BCUT2D eigenvalue weighted by Crippen LogP contribution is -2.08. The van der Waals surface area contributed by atoms with Crippen LogP contribution in [0, 0.1) is 0 Å². The van der Waals surface area contributed by atoms with Gasteiger partial charge in [0, 0.05) is 6.42 Å². The van der Waals surface area contributed by atoms with E-state index in [-0.39, 0.29) is 11.2 Å². The van der Waals surface area contributed by atoms with Crippen molar-refractivity contribution in [1.29, 1.82) is 0 Å². The molecule has 1 fully saturated rings. The smallest absolute Gasteiger partial charge is 0.319 e. The first-order chi connectivity index (χ1) is 4.34. The van der Waals surface area contributed by atoms with Gasteiger partial charge in [-0.1, -0.05) is 11.8 Å². The fourth-order valence-corrected chi connectivity index (χ4v) is 1.21. The molecule has 0 aromatic carbocycles. The predicted molar refractivity (Wildman–Crippen MR) is 33.7 cm³/mol. The number of esters is 1. The Balaban J connectivity index is 2.39. The molecule has 4 heteroatoms. The van der Waals surface area contributed by atoms with Crippen LogP contribution in [0.25, 0.3) is 0 Å². The third-order valence-corrected chi connectivity index (χ3v) is 1.97. The molecule has 9 heavy (non-hydrogen) atoms. The highest BCUT2D eigenvalue weighted by Gasteiger charge is 2.26. The zero-order valence-corrected chi connectivity index (χ0v) is 5.52. The van der Waals surface area contributed by atoms with Crippen LogP contribution in [-0.4, -0.2) is 23.4 Å². The highest BCUT2D eigenvalue weighted by molar-refractivity contribution is 8.13. The number of hydrogen-bond donors (Lipinski definition) is 0. The second kappa shape index (κ2) is 2.87. The van der Waals surface area contributed by atoms with E-state index in [4.69, 9.17) is 0 Å². The average Bonchev–Trinajstić information content (AvgIpc) is 2.18. The lowest BCUT2D eigenvalue weighted by molar-refractivity contribution is -0.137. The van der Waals surface area contributed by atoms with Gasteiger partial charge in [-0.05, 0) is 0 Å². The normalized spacial score (nSPS) is 25.8. The third-order valence-electron chi connectivity index (χ3n) is 1.11. The molecular formula is C5H6O3S. The van der Waals surface area contributed by atoms with Crippen LogP contribution in [-0.2, 0) is 14.3 Å². The van der Waals surface area contributed by atoms with Crippen LogP contribution in [0.15, 0.2) is 0 Å². The van der Waals surface area contributed by atoms with Crippen LogP contribution in [0.5, 0.6) is 0 Å². The predicted octanol–water partition coefficient (Wildman–Crippen LogP) is 0.225. The zero-order valence-electron chi connectivity index (χ0n) is 4.70. The van der Waals surface area contributed by atoms with Crippen LogP contribution in [0.2, 0.25) is 0 Å². The highest BCUT2D eigenvalue weighted by atomic mass is 32.2. The zero-order chi connectivity index (χ0) is 6.69. The Morgan fingerprint density at radius 1 is 1.78 bits per heavy atom. The summed E-state index contributed by atoms with van der Waals surface area (Å²) in [6.45, 7) is 0.463. The van der Waals surface area contributed by atoms with Crippen molar-refractivity contribution >= 4 is 23.3 Å². The van der Waals surface area contributed by atoms with E-state index in [1.807, 2.05) is 0 Å². The summed E-state index contributed by atoms with van der Waals surface area (Å²) in [5, 5.41) is -0.234. The molecule has 0 aromatic heterocycles. The lowest BCUT2D eigenvalue weighted by Gasteiger charge is -1.94. The molecule has 0 amide bonds. The first-order valence-corrected chi connectivity index (χ1v) is 3.54. The van der Waals surface area contributed by atoms with Crippen molar-refractivity contribution in [2.75, 3.05) is 6.61 Å². The quantitative estimate of drug-likeness (QED) is 0.413. The maximum atomic E-state index is 10.6. The minimum Gasteiger partial charge on any atom is -0.465 e. The Morgan fingerprint density at radius 3 is 3.00 bits per heavy atom. The summed E-state index contributed by atoms with van der Waals surface area (Å²) in [4.78, 5) is 20.4. The van der Waals surface area contributed by atoms with E-state index >= 15 is 0 Å². The SMILES string of the molecule is O=CSC1CCOC1=O. The molecule has 1 unspecified atom stereocenters. The maximum absolute atomic E-state index is 10.6. The molecule has 1 atom stereocenters. The second-order valence-electron chi connectivity index (χ2n) is 1.68. The Morgan fingerprint density at radius 2 is 2.56 bits per heavy atom. The summed E-state index contributed by atoms with van der Waals surface area (Å²) in [6, 6.07) is 0. The summed E-state index contributed by atoms with van der Waals surface area (Å²) >= 11 is 0.992. The summed E-state index contributed by atoms with van der Waals surface area (Å²) in [7, 11) is 0. The van der Waals surface area contributed by atoms with Crippen LogP contribution >= 0.6 is 11.8 Å². The van der Waals surface area contributed by atoms with E-state index in [0.29, 0.717) is 18.6 Å². The monoisotopic (exact) mass is 146 g/mol. The molecule has 1 aliphatic heterocycles. The molecule has 1 aliphatic rings. The topological polar surface area (TPSA) is 43.4 Å². The van der Waals surface area contributed by atoms with E-state index in [1.54, 1.807) is 0 Å². The fraction of sp³-hybridized carbons (Fsp3) is 0.600. The van der Waals surface area contributed by atoms with Crippen molar-refractivity contribution < 1.29 is 14.3 Å².